The number of benzene rings is 2. The number of para-hydroxylation sites is 1. The van der Waals surface area contributed by atoms with Gasteiger partial charge in [-0.15, -0.1) is 0 Å². The molecular formula is C15H13F2NO2. The van der Waals surface area contributed by atoms with Crippen LogP contribution in [-0.4, -0.2) is 12.9 Å². The van der Waals surface area contributed by atoms with E-state index in [-0.39, 0.29) is 29.0 Å². The first-order valence-electron chi connectivity index (χ1n) is 5.93. The zero-order valence-corrected chi connectivity index (χ0v) is 10.8. The molecule has 2 N–H and O–H groups in total. The van der Waals surface area contributed by atoms with E-state index >= 15 is 0 Å². The van der Waals surface area contributed by atoms with Crippen LogP contribution < -0.4 is 10.5 Å². The minimum absolute atomic E-state index is 0.0484. The van der Waals surface area contributed by atoms with Gasteiger partial charge in [0.1, 0.15) is 5.82 Å². The molecule has 0 amide bonds. The molecule has 0 unspecified atom stereocenters. The van der Waals surface area contributed by atoms with Gasteiger partial charge in [0.25, 0.3) is 0 Å². The fraction of sp³-hybridized carbons (Fsp3) is 0.133. The number of hydrogen-bond donors (Lipinski definition) is 1. The molecule has 0 saturated carbocycles. The Kier molecular flexibility index (Phi) is 3.98. The van der Waals surface area contributed by atoms with Crippen LogP contribution in [0.4, 0.5) is 14.5 Å². The van der Waals surface area contributed by atoms with Gasteiger partial charge in [0.2, 0.25) is 0 Å². The second-order valence-corrected chi connectivity index (χ2v) is 4.23. The van der Waals surface area contributed by atoms with Crippen LogP contribution in [0.5, 0.6) is 5.75 Å². The molecule has 0 aliphatic carbocycles. The third-order valence-electron chi connectivity index (χ3n) is 2.97. The highest BCUT2D eigenvalue weighted by molar-refractivity contribution is 6.02. The third kappa shape index (κ3) is 2.61. The summed E-state index contributed by atoms with van der Waals surface area (Å²) in [6.07, 6.45) is -0.212. The first-order chi connectivity index (χ1) is 9.54. The van der Waals surface area contributed by atoms with Gasteiger partial charge in [-0.05, 0) is 23.8 Å². The van der Waals surface area contributed by atoms with Crippen LogP contribution in [0.25, 0.3) is 0 Å². The fourth-order valence-corrected chi connectivity index (χ4v) is 1.90. The zero-order valence-electron chi connectivity index (χ0n) is 10.8. The molecule has 0 saturated heterocycles. The molecule has 3 nitrogen and oxygen atoms in total. The lowest BCUT2D eigenvalue weighted by atomic mass is 10.0. The fourth-order valence-electron chi connectivity index (χ4n) is 1.90. The zero-order chi connectivity index (χ0) is 14.7. The molecule has 2 aromatic rings. The molecule has 0 spiro atoms. The molecule has 20 heavy (non-hydrogen) atoms. The first kappa shape index (κ1) is 14.0. The number of methoxy groups -OCH3 is 1. The van der Waals surface area contributed by atoms with E-state index in [9.17, 15) is 13.6 Å². The van der Waals surface area contributed by atoms with Crippen LogP contribution in [0.3, 0.4) is 0 Å². The molecule has 0 atom stereocenters. The molecule has 5 heteroatoms. The van der Waals surface area contributed by atoms with Gasteiger partial charge < -0.3 is 10.5 Å². The standard InChI is InChI=1S/C15H13F2NO2/c1-20-13-7-2-4-9(14(13)17)8-12(19)10-5-3-6-11(16)15(10)18/h2-7H,8,18H2,1H3. The molecule has 0 heterocycles. The summed E-state index contributed by atoms with van der Waals surface area (Å²) in [5, 5.41) is 0. The van der Waals surface area contributed by atoms with Gasteiger partial charge in [0, 0.05) is 12.0 Å². The normalized spacial score (nSPS) is 10.3. The molecule has 0 bridgehead atoms. The predicted molar refractivity (Wildman–Crippen MR) is 71.8 cm³/mol. The van der Waals surface area contributed by atoms with Gasteiger partial charge in [0.15, 0.2) is 17.3 Å². The first-order valence-corrected chi connectivity index (χ1v) is 5.93. The maximum absolute atomic E-state index is 13.9. The van der Waals surface area contributed by atoms with E-state index in [1.807, 2.05) is 0 Å². The highest BCUT2D eigenvalue weighted by Crippen LogP contribution is 2.23. The summed E-state index contributed by atoms with van der Waals surface area (Å²) >= 11 is 0. The highest BCUT2D eigenvalue weighted by atomic mass is 19.1. The Morgan fingerprint density at radius 3 is 2.60 bits per heavy atom. The van der Waals surface area contributed by atoms with Crippen molar-refractivity contribution in [1.82, 2.24) is 0 Å². The second-order valence-electron chi connectivity index (χ2n) is 4.23. The second kappa shape index (κ2) is 5.69. The Morgan fingerprint density at radius 1 is 1.20 bits per heavy atom. The molecule has 0 aromatic heterocycles. The van der Waals surface area contributed by atoms with Crippen LogP contribution in [0.15, 0.2) is 36.4 Å². The number of hydrogen-bond acceptors (Lipinski definition) is 3. The molecule has 0 radical (unpaired) electrons. The van der Waals surface area contributed by atoms with Gasteiger partial charge >= 0.3 is 0 Å². The van der Waals surface area contributed by atoms with Crippen molar-refractivity contribution in [2.75, 3.05) is 12.8 Å². The lowest BCUT2D eigenvalue weighted by molar-refractivity contribution is 0.0992. The highest BCUT2D eigenvalue weighted by Gasteiger charge is 2.16. The van der Waals surface area contributed by atoms with E-state index in [0.717, 1.165) is 6.07 Å². The van der Waals surface area contributed by atoms with Crippen molar-refractivity contribution in [3.8, 4) is 5.75 Å². The van der Waals surface area contributed by atoms with E-state index in [1.54, 1.807) is 6.07 Å². The Labute approximate surface area is 115 Å². The van der Waals surface area contributed by atoms with Crippen molar-refractivity contribution in [2.45, 2.75) is 6.42 Å². The number of carbonyl (C=O) groups excluding carboxylic acids is 1. The third-order valence-corrected chi connectivity index (χ3v) is 2.97. The summed E-state index contributed by atoms with van der Waals surface area (Å²) in [5.41, 5.74) is 5.52. The van der Waals surface area contributed by atoms with Crippen molar-refractivity contribution in [3.05, 3.63) is 59.2 Å². The summed E-state index contributed by atoms with van der Waals surface area (Å²) in [6, 6.07) is 8.49. The van der Waals surface area contributed by atoms with Gasteiger partial charge in [-0.2, -0.15) is 0 Å². The summed E-state index contributed by atoms with van der Waals surface area (Å²) in [7, 11) is 1.34. The van der Waals surface area contributed by atoms with Gasteiger partial charge in [0.05, 0.1) is 12.8 Å². The van der Waals surface area contributed by atoms with Crippen molar-refractivity contribution in [2.24, 2.45) is 0 Å². The van der Waals surface area contributed by atoms with Gasteiger partial charge in [-0.25, -0.2) is 8.78 Å². The van der Waals surface area contributed by atoms with Crippen LogP contribution >= 0.6 is 0 Å². The topological polar surface area (TPSA) is 52.3 Å². The largest absolute Gasteiger partial charge is 0.494 e. The van der Waals surface area contributed by atoms with Gasteiger partial charge in [-0.1, -0.05) is 18.2 Å². The number of halogens is 2. The monoisotopic (exact) mass is 277 g/mol. The number of rotatable bonds is 4. The lowest BCUT2D eigenvalue weighted by Gasteiger charge is -2.08. The Balaban J connectivity index is 2.31. The smallest absolute Gasteiger partial charge is 0.169 e. The number of nitrogen functional groups attached to an aromatic ring is 1. The minimum atomic E-state index is -0.665. The summed E-state index contributed by atoms with van der Waals surface area (Å²) in [4.78, 5) is 12.1. The Bertz CT molecular complexity index is 656. The van der Waals surface area contributed by atoms with Crippen molar-refractivity contribution in [3.63, 3.8) is 0 Å². The van der Waals surface area contributed by atoms with Crippen LogP contribution in [0, 0.1) is 11.6 Å². The molecule has 2 aromatic carbocycles. The van der Waals surface area contributed by atoms with Crippen LogP contribution in [0.2, 0.25) is 0 Å². The Morgan fingerprint density at radius 2 is 1.90 bits per heavy atom. The maximum Gasteiger partial charge on any atom is 0.169 e. The summed E-state index contributed by atoms with van der Waals surface area (Å²) in [5.74, 6) is -1.66. The quantitative estimate of drug-likeness (QED) is 0.690. The summed E-state index contributed by atoms with van der Waals surface area (Å²) < 4.78 is 32.1. The van der Waals surface area contributed by atoms with Crippen molar-refractivity contribution in [1.29, 1.82) is 0 Å². The van der Waals surface area contributed by atoms with Gasteiger partial charge in [-0.3, -0.25) is 4.79 Å². The predicted octanol–water partition coefficient (Wildman–Crippen LogP) is 2.98. The number of nitrogens with two attached hydrogens (primary N) is 1. The number of anilines is 1. The maximum atomic E-state index is 13.9. The SMILES string of the molecule is COc1cccc(CC(=O)c2cccc(F)c2N)c1F. The molecular weight excluding hydrogens is 264 g/mol. The van der Waals surface area contributed by atoms with E-state index in [2.05, 4.69) is 0 Å². The van der Waals surface area contributed by atoms with E-state index in [1.165, 1.54) is 31.4 Å². The molecule has 0 fully saturated rings. The van der Waals surface area contributed by atoms with E-state index in [4.69, 9.17) is 10.5 Å². The molecule has 104 valence electrons. The van der Waals surface area contributed by atoms with Crippen LogP contribution in [-0.2, 0) is 6.42 Å². The van der Waals surface area contributed by atoms with Crippen molar-refractivity contribution < 1.29 is 18.3 Å². The average Bonchev–Trinajstić information content (AvgIpc) is 2.44. The Hall–Kier alpha value is -2.43. The number of carbonyl (C=O) groups is 1. The number of Topliss-reactive ketones (excluding diaryl/α,β-unsaturated/α-hetero) is 1. The lowest BCUT2D eigenvalue weighted by Crippen LogP contribution is -2.09. The minimum Gasteiger partial charge on any atom is -0.494 e. The van der Waals surface area contributed by atoms with E-state index < -0.39 is 17.4 Å². The summed E-state index contributed by atoms with van der Waals surface area (Å²) in [6.45, 7) is 0. The molecule has 2 rings (SSSR count). The van der Waals surface area contributed by atoms with E-state index in [0.29, 0.717) is 0 Å². The number of ketones is 1. The molecule has 0 aliphatic rings. The molecule has 0 aliphatic heterocycles. The number of ether oxygens (including phenoxy) is 1. The van der Waals surface area contributed by atoms with Crippen molar-refractivity contribution >= 4 is 11.5 Å². The average molecular weight is 277 g/mol. The van der Waals surface area contributed by atoms with Crippen LogP contribution in [0.1, 0.15) is 15.9 Å².